The molecule has 3 aliphatic heterocycles. The number of imidazole rings is 1. The van der Waals surface area contributed by atoms with Crippen molar-refractivity contribution in [3.05, 3.63) is 59.9 Å². The molecule has 0 radical (unpaired) electrons. The van der Waals surface area contributed by atoms with Gasteiger partial charge in [0.1, 0.15) is 0 Å². The average molecular weight is 582 g/mol. The number of halogens is 3. The van der Waals surface area contributed by atoms with Gasteiger partial charge in [-0.3, -0.25) is 4.90 Å². The highest BCUT2D eigenvalue weighted by atomic mass is 19.4. The molecule has 0 bridgehead atoms. The summed E-state index contributed by atoms with van der Waals surface area (Å²) >= 11 is 0. The summed E-state index contributed by atoms with van der Waals surface area (Å²) in [7, 11) is 0. The molecule has 7 rings (SSSR count). The van der Waals surface area contributed by atoms with Gasteiger partial charge in [-0.15, -0.1) is 0 Å². The lowest BCUT2D eigenvalue weighted by atomic mass is 10.0. The number of hydrogen-bond acceptors (Lipinski definition) is 9. The Bertz CT molecular complexity index is 1560. The summed E-state index contributed by atoms with van der Waals surface area (Å²) in [6, 6.07) is 11.2. The first-order valence-corrected chi connectivity index (χ1v) is 14.0. The molecule has 0 aliphatic carbocycles. The standard InChI is InChI=1S/C29H30F3N7O3/c30-29(31,32)20-3-1-19(2-4-20)16-39-17-33-25-26(34-21-5-6-23-24(15-21)42-18-41-23)35-28(36-27(25)39)38-9-7-22(8-10-38)37-11-13-40-14-12-37/h1-6,15,17,22H,7-14,16,18H2,(H,34,35,36). The van der Waals surface area contributed by atoms with Gasteiger partial charge in [-0.05, 0) is 42.7 Å². The van der Waals surface area contributed by atoms with Crippen LogP contribution in [0, 0.1) is 0 Å². The van der Waals surface area contributed by atoms with Crippen molar-refractivity contribution in [2.24, 2.45) is 0 Å². The van der Waals surface area contributed by atoms with Crippen LogP contribution in [0.2, 0.25) is 0 Å². The van der Waals surface area contributed by atoms with Crippen molar-refractivity contribution in [3.63, 3.8) is 0 Å². The van der Waals surface area contributed by atoms with Crippen molar-refractivity contribution in [2.45, 2.75) is 31.6 Å². The molecule has 220 valence electrons. The van der Waals surface area contributed by atoms with Crippen molar-refractivity contribution in [3.8, 4) is 11.5 Å². The van der Waals surface area contributed by atoms with Crippen LogP contribution < -0.4 is 19.7 Å². The number of alkyl halides is 3. The van der Waals surface area contributed by atoms with Gasteiger partial charge in [-0.2, -0.15) is 23.1 Å². The average Bonchev–Trinajstić information content (AvgIpc) is 3.64. The summed E-state index contributed by atoms with van der Waals surface area (Å²) in [6.45, 7) is 5.58. The van der Waals surface area contributed by atoms with E-state index in [4.69, 9.17) is 24.2 Å². The fourth-order valence-electron chi connectivity index (χ4n) is 5.76. The van der Waals surface area contributed by atoms with Gasteiger partial charge in [-0.1, -0.05) is 12.1 Å². The number of ether oxygens (including phenoxy) is 3. The molecule has 2 saturated heterocycles. The Labute approximate surface area is 240 Å². The minimum Gasteiger partial charge on any atom is -0.454 e. The van der Waals surface area contributed by atoms with Crippen molar-refractivity contribution >= 4 is 28.6 Å². The molecule has 10 nitrogen and oxygen atoms in total. The number of benzene rings is 2. The van der Waals surface area contributed by atoms with Gasteiger partial charge in [0.25, 0.3) is 0 Å². The van der Waals surface area contributed by atoms with Crippen LogP contribution in [0.4, 0.5) is 30.6 Å². The Morgan fingerprint density at radius 2 is 1.67 bits per heavy atom. The van der Waals surface area contributed by atoms with E-state index in [1.54, 1.807) is 6.33 Å². The van der Waals surface area contributed by atoms with E-state index < -0.39 is 11.7 Å². The first kappa shape index (κ1) is 26.8. The molecule has 3 aliphatic rings. The molecular formula is C29H30F3N7O3. The van der Waals surface area contributed by atoms with E-state index in [-0.39, 0.29) is 6.79 Å². The Kier molecular flexibility index (Phi) is 6.98. The van der Waals surface area contributed by atoms with Crippen LogP contribution in [-0.4, -0.2) is 76.6 Å². The Morgan fingerprint density at radius 1 is 0.905 bits per heavy atom. The Morgan fingerprint density at radius 3 is 2.43 bits per heavy atom. The van der Waals surface area contributed by atoms with E-state index in [1.165, 1.54) is 12.1 Å². The molecule has 13 heteroatoms. The first-order chi connectivity index (χ1) is 20.4. The molecule has 4 aromatic rings. The highest BCUT2D eigenvalue weighted by molar-refractivity contribution is 5.87. The predicted molar refractivity (Wildman–Crippen MR) is 149 cm³/mol. The normalized spacial score (nSPS) is 18.1. The van der Waals surface area contributed by atoms with Crippen LogP contribution >= 0.6 is 0 Å². The van der Waals surface area contributed by atoms with Gasteiger partial charge in [0.2, 0.25) is 12.7 Å². The number of rotatable bonds is 6. The molecule has 0 atom stereocenters. The third-order valence-electron chi connectivity index (χ3n) is 8.03. The van der Waals surface area contributed by atoms with E-state index in [0.717, 1.165) is 70.1 Å². The molecule has 0 spiro atoms. The molecule has 2 aromatic heterocycles. The predicted octanol–water partition coefficient (Wildman–Crippen LogP) is 4.67. The lowest BCUT2D eigenvalue weighted by Crippen LogP contribution is -2.49. The Balaban J connectivity index is 1.19. The summed E-state index contributed by atoms with van der Waals surface area (Å²) in [4.78, 5) is 19.1. The van der Waals surface area contributed by atoms with Gasteiger partial charge in [0, 0.05) is 44.0 Å². The SMILES string of the molecule is FC(F)(F)c1ccc(Cn2cnc3c(Nc4ccc5c(c4)OCO5)nc(N4CCC(N5CCOCC5)CC4)nc32)cc1. The number of piperidine rings is 1. The van der Waals surface area contributed by atoms with E-state index in [9.17, 15) is 13.2 Å². The molecule has 42 heavy (non-hydrogen) atoms. The quantitative estimate of drug-likeness (QED) is 0.349. The Hall–Kier alpha value is -4.10. The first-order valence-electron chi connectivity index (χ1n) is 14.0. The van der Waals surface area contributed by atoms with E-state index in [2.05, 4.69) is 20.1 Å². The molecule has 5 heterocycles. The summed E-state index contributed by atoms with van der Waals surface area (Å²) in [5, 5.41) is 3.38. The number of hydrogen-bond donors (Lipinski definition) is 1. The second-order valence-electron chi connectivity index (χ2n) is 10.7. The van der Waals surface area contributed by atoms with Crippen LogP contribution in [0.15, 0.2) is 48.8 Å². The molecule has 1 N–H and O–H groups in total. The molecule has 0 saturated carbocycles. The maximum Gasteiger partial charge on any atom is 0.416 e. The smallest absolute Gasteiger partial charge is 0.416 e. The summed E-state index contributed by atoms with van der Waals surface area (Å²) in [5.41, 5.74) is 1.94. The van der Waals surface area contributed by atoms with E-state index >= 15 is 0 Å². The zero-order valence-electron chi connectivity index (χ0n) is 22.8. The second kappa shape index (κ2) is 11.0. The van der Waals surface area contributed by atoms with E-state index in [1.807, 2.05) is 22.8 Å². The highest BCUT2D eigenvalue weighted by Gasteiger charge is 2.30. The van der Waals surface area contributed by atoms with Crippen LogP contribution in [-0.2, 0) is 17.5 Å². The number of fused-ring (bicyclic) bond motifs is 2. The van der Waals surface area contributed by atoms with Crippen LogP contribution in [0.3, 0.4) is 0 Å². The van der Waals surface area contributed by atoms with Crippen molar-refractivity contribution in [2.75, 3.05) is 56.4 Å². The maximum absolute atomic E-state index is 13.1. The lowest BCUT2D eigenvalue weighted by Gasteiger charge is -2.40. The summed E-state index contributed by atoms with van der Waals surface area (Å²) in [5.74, 6) is 2.44. The van der Waals surface area contributed by atoms with Gasteiger partial charge in [0.15, 0.2) is 28.5 Å². The zero-order valence-corrected chi connectivity index (χ0v) is 22.8. The fourth-order valence-corrected chi connectivity index (χ4v) is 5.76. The van der Waals surface area contributed by atoms with Crippen LogP contribution in [0.1, 0.15) is 24.0 Å². The van der Waals surface area contributed by atoms with E-state index in [0.29, 0.717) is 52.6 Å². The fraction of sp³-hybridized carbons (Fsp3) is 0.414. The highest BCUT2D eigenvalue weighted by Crippen LogP contribution is 2.36. The molecule has 2 aromatic carbocycles. The minimum atomic E-state index is -4.38. The zero-order chi connectivity index (χ0) is 28.7. The summed E-state index contributed by atoms with van der Waals surface area (Å²) in [6.07, 6.45) is -0.739. The third kappa shape index (κ3) is 5.41. The number of nitrogens with one attached hydrogen (secondary N) is 1. The van der Waals surface area contributed by atoms with Gasteiger partial charge in [-0.25, -0.2) is 4.98 Å². The maximum atomic E-state index is 13.1. The van der Waals surface area contributed by atoms with Crippen molar-refractivity contribution in [1.82, 2.24) is 24.4 Å². The number of aromatic nitrogens is 4. The van der Waals surface area contributed by atoms with Crippen LogP contribution in [0.5, 0.6) is 11.5 Å². The van der Waals surface area contributed by atoms with Gasteiger partial charge in [0.05, 0.1) is 31.6 Å². The third-order valence-corrected chi connectivity index (χ3v) is 8.03. The lowest BCUT2D eigenvalue weighted by molar-refractivity contribution is -0.137. The summed E-state index contributed by atoms with van der Waals surface area (Å²) < 4.78 is 57.6. The van der Waals surface area contributed by atoms with Gasteiger partial charge >= 0.3 is 6.18 Å². The number of morpholine rings is 1. The molecular weight excluding hydrogens is 551 g/mol. The second-order valence-corrected chi connectivity index (χ2v) is 10.7. The van der Waals surface area contributed by atoms with Gasteiger partial charge < -0.3 is 29.0 Å². The molecule has 0 amide bonds. The van der Waals surface area contributed by atoms with Crippen molar-refractivity contribution in [1.29, 1.82) is 0 Å². The largest absolute Gasteiger partial charge is 0.454 e. The van der Waals surface area contributed by atoms with Crippen LogP contribution in [0.25, 0.3) is 11.2 Å². The number of nitrogens with zero attached hydrogens (tertiary/aromatic N) is 6. The minimum absolute atomic E-state index is 0.176. The van der Waals surface area contributed by atoms with Crippen molar-refractivity contribution < 1.29 is 27.4 Å². The molecule has 0 unspecified atom stereocenters. The molecule has 2 fully saturated rings. The topological polar surface area (TPSA) is 89.8 Å². The monoisotopic (exact) mass is 581 g/mol. The number of anilines is 3.